The molecule has 0 amide bonds. The fourth-order valence-corrected chi connectivity index (χ4v) is 2.54. The third kappa shape index (κ3) is 3.99. The van der Waals surface area contributed by atoms with Gasteiger partial charge in [0.25, 0.3) is 0 Å². The highest BCUT2D eigenvalue weighted by atomic mass is 16.6. The van der Waals surface area contributed by atoms with E-state index in [4.69, 9.17) is 14.2 Å². The van der Waals surface area contributed by atoms with Crippen molar-refractivity contribution in [3.05, 3.63) is 35.2 Å². The summed E-state index contributed by atoms with van der Waals surface area (Å²) < 4.78 is 15.3. The lowest BCUT2D eigenvalue weighted by Gasteiger charge is -2.11. The number of hydrogen-bond acceptors (Lipinski definition) is 6. The molecule has 0 atom stereocenters. The van der Waals surface area contributed by atoms with E-state index >= 15 is 0 Å². The SMILES string of the molecule is CCOC(=O)C(=CNc1cc2[nH]c(C)c(C)c2cc1OC)C(=O)OCC. The molecule has 0 aliphatic heterocycles. The predicted octanol–water partition coefficient (Wildman–Crippen LogP) is 3.22. The third-order valence-corrected chi connectivity index (χ3v) is 3.99. The van der Waals surface area contributed by atoms with Crippen LogP contribution in [-0.4, -0.2) is 37.2 Å². The number of anilines is 1. The Balaban J connectivity index is 2.41. The van der Waals surface area contributed by atoms with Crippen LogP contribution in [0, 0.1) is 13.8 Å². The molecule has 0 radical (unpaired) electrons. The number of carbonyl (C=O) groups is 2. The maximum atomic E-state index is 12.0. The zero-order valence-corrected chi connectivity index (χ0v) is 15.7. The summed E-state index contributed by atoms with van der Waals surface area (Å²) in [7, 11) is 1.56. The summed E-state index contributed by atoms with van der Waals surface area (Å²) in [5.41, 5.74) is 3.51. The number of methoxy groups -OCH3 is 1. The van der Waals surface area contributed by atoms with Crippen LogP contribution in [0.15, 0.2) is 23.9 Å². The first-order valence-electron chi connectivity index (χ1n) is 8.40. The summed E-state index contributed by atoms with van der Waals surface area (Å²) in [5, 5.41) is 4.00. The Morgan fingerprint density at radius 3 is 2.27 bits per heavy atom. The van der Waals surface area contributed by atoms with Crippen molar-refractivity contribution in [3.8, 4) is 5.75 Å². The molecule has 0 aliphatic carbocycles. The molecule has 0 fully saturated rings. The summed E-state index contributed by atoms with van der Waals surface area (Å²) >= 11 is 0. The summed E-state index contributed by atoms with van der Waals surface area (Å²) in [6.45, 7) is 7.67. The Hall–Kier alpha value is -2.96. The van der Waals surface area contributed by atoms with Gasteiger partial charge in [-0.1, -0.05) is 0 Å². The number of carbonyl (C=O) groups excluding carboxylic acids is 2. The second-order valence-electron chi connectivity index (χ2n) is 5.62. The zero-order valence-electron chi connectivity index (χ0n) is 15.7. The highest BCUT2D eigenvalue weighted by Crippen LogP contribution is 2.33. The van der Waals surface area contributed by atoms with E-state index in [1.54, 1.807) is 21.0 Å². The second kappa shape index (κ2) is 8.42. The minimum Gasteiger partial charge on any atom is -0.495 e. The van der Waals surface area contributed by atoms with E-state index in [1.807, 2.05) is 26.0 Å². The third-order valence-electron chi connectivity index (χ3n) is 3.99. The number of nitrogens with one attached hydrogen (secondary N) is 2. The normalized spacial score (nSPS) is 10.3. The first-order chi connectivity index (χ1) is 12.4. The molecule has 7 nitrogen and oxygen atoms in total. The molecule has 1 heterocycles. The van der Waals surface area contributed by atoms with Crippen LogP contribution >= 0.6 is 0 Å². The van der Waals surface area contributed by atoms with Crippen molar-refractivity contribution in [2.45, 2.75) is 27.7 Å². The van der Waals surface area contributed by atoms with Gasteiger partial charge in [-0.05, 0) is 45.4 Å². The van der Waals surface area contributed by atoms with Crippen LogP contribution in [0.3, 0.4) is 0 Å². The van der Waals surface area contributed by atoms with Gasteiger partial charge in [-0.15, -0.1) is 0 Å². The molecule has 140 valence electrons. The van der Waals surface area contributed by atoms with Gasteiger partial charge in [-0.25, -0.2) is 9.59 Å². The number of esters is 2. The van der Waals surface area contributed by atoms with Crippen molar-refractivity contribution in [3.63, 3.8) is 0 Å². The average Bonchev–Trinajstić information content (AvgIpc) is 2.88. The van der Waals surface area contributed by atoms with Gasteiger partial charge in [0.1, 0.15) is 5.75 Å². The van der Waals surface area contributed by atoms with Crippen molar-refractivity contribution >= 4 is 28.5 Å². The van der Waals surface area contributed by atoms with Crippen LogP contribution in [0.2, 0.25) is 0 Å². The number of hydrogen-bond donors (Lipinski definition) is 2. The van der Waals surface area contributed by atoms with Gasteiger partial charge in [0.2, 0.25) is 0 Å². The number of aromatic nitrogens is 1. The molecule has 2 rings (SSSR count). The molecule has 0 aliphatic rings. The number of rotatable bonds is 7. The number of ether oxygens (including phenoxy) is 3. The molecule has 0 unspecified atom stereocenters. The quantitative estimate of drug-likeness (QED) is 0.341. The van der Waals surface area contributed by atoms with Crippen molar-refractivity contribution in [2.75, 3.05) is 25.6 Å². The minimum absolute atomic E-state index is 0.159. The molecule has 0 saturated carbocycles. The maximum Gasteiger partial charge on any atom is 0.347 e. The highest BCUT2D eigenvalue weighted by Gasteiger charge is 2.21. The Morgan fingerprint density at radius 1 is 1.12 bits per heavy atom. The van der Waals surface area contributed by atoms with Gasteiger partial charge in [-0.2, -0.15) is 0 Å². The van der Waals surface area contributed by atoms with Crippen LogP contribution in [0.4, 0.5) is 5.69 Å². The molecular formula is C19H24N2O5. The van der Waals surface area contributed by atoms with E-state index < -0.39 is 11.9 Å². The largest absolute Gasteiger partial charge is 0.495 e. The lowest BCUT2D eigenvalue weighted by Crippen LogP contribution is -2.19. The molecule has 0 bridgehead atoms. The Morgan fingerprint density at radius 2 is 1.73 bits per heavy atom. The Kier molecular flexibility index (Phi) is 6.27. The van der Waals surface area contributed by atoms with Gasteiger partial charge in [0, 0.05) is 22.8 Å². The van der Waals surface area contributed by atoms with E-state index in [1.165, 1.54) is 6.20 Å². The van der Waals surface area contributed by atoms with Gasteiger partial charge >= 0.3 is 11.9 Å². The van der Waals surface area contributed by atoms with Crippen LogP contribution in [0.1, 0.15) is 25.1 Å². The van der Waals surface area contributed by atoms with Crippen LogP contribution < -0.4 is 10.1 Å². The average molecular weight is 360 g/mol. The van der Waals surface area contributed by atoms with Crippen molar-refractivity contribution in [1.29, 1.82) is 0 Å². The lowest BCUT2D eigenvalue weighted by molar-refractivity contribution is -0.146. The molecule has 7 heteroatoms. The Labute approximate surface area is 152 Å². The molecule has 0 saturated heterocycles. The van der Waals surface area contributed by atoms with Gasteiger partial charge in [0.05, 0.1) is 26.0 Å². The molecule has 2 N–H and O–H groups in total. The number of fused-ring (bicyclic) bond motifs is 1. The van der Waals surface area contributed by atoms with E-state index in [9.17, 15) is 9.59 Å². The van der Waals surface area contributed by atoms with Crippen molar-refractivity contribution < 1.29 is 23.8 Å². The molecule has 1 aromatic carbocycles. The van der Waals surface area contributed by atoms with E-state index in [-0.39, 0.29) is 18.8 Å². The second-order valence-corrected chi connectivity index (χ2v) is 5.62. The standard InChI is InChI=1S/C19H24N2O5/c1-6-25-18(22)14(19(23)26-7-2)10-20-16-9-15-13(8-17(16)24-5)11(3)12(4)21-15/h8-10,20-21H,6-7H2,1-5H3. The topological polar surface area (TPSA) is 89.6 Å². The molecule has 1 aromatic heterocycles. The predicted molar refractivity (Wildman–Crippen MR) is 99.3 cm³/mol. The monoisotopic (exact) mass is 360 g/mol. The molecule has 26 heavy (non-hydrogen) atoms. The van der Waals surface area contributed by atoms with E-state index in [0.717, 1.165) is 22.2 Å². The fourth-order valence-electron chi connectivity index (χ4n) is 2.54. The molecular weight excluding hydrogens is 336 g/mol. The highest BCUT2D eigenvalue weighted by molar-refractivity contribution is 6.14. The number of aryl methyl sites for hydroxylation is 2. The summed E-state index contributed by atoms with van der Waals surface area (Å²) in [5.74, 6) is -0.905. The van der Waals surface area contributed by atoms with Crippen LogP contribution in [0.25, 0.3) is 10.9 Å². The summed E-state index contributed by atoms with van der Waals surface area (Å²) in [4.78, 5) is 27.3. The van der Waals surface area contributed by atoms with E-state index in [0.29, 0.717) is 11.4 Å². The molecule has 0 spiro atoms. The summed E-state index contributed by atoms with van der Waals surface area (Å²) in [6.07, 6.45) is 1.28. The maximum absolute atomic E-state index is 12.0. The minimum atomic E-state index is -0.745. The smallest absolute Gasteiger partial charge is 0.347 e. The first-order valence-corrected chi connectivity index (χ1v) is 8.40. The van der Waals surface area contributed by atoms with Gasteiger partial charge in [0.15, 0.2) is 5.57 Å². The number of H-pyrrole nitrogens is 1. The van der Waals surface area contributed by atoms with Crippen molar-refractivity contribution in [1.82, 2.24) is 4.98 Å². The fraction of sp³-hybridized carbons (Fsp3) is 0.368. The number of benzene rings is 1. The van der Waals surface area contributed by atoms with Gasteiger partial charge in [-0.3, -0.25) is 0 Å². The first kappa shape index (κ1) is 19.4. The van der Waals surface area contributed by atoms with Crippen LogP contribution in [-0.2, 0) is 19.1 Å². The van der Waals surface area contributed by atoms with Crippen molar-refractivity contribution in [2.24, 2.45) is 0 Å². The lowest BCUT2D eigenvalue weighted by atomic mass is 10.1. The molecule has 2 aromatic rings. The zero-order chi connectivity index (χ0) is 19.3. The number of aromatic amines is 1. The van der Waals surface area contributed by atoms with E-state index in [2.05, 4.69) is 10.3 Å². The van der Waals surface area contributed by atoms with Gasteiger partial charge < -0.3 is 24.5 Å². The van der Waals surface area contributed by atoms with Crippen LogP contribution in [0.5, 0.6) is 5.75 Å². The summed E-state index contributed by atoms with van der Waals surface area (Å²) in [6, 6.07) is 3.76. The Bertz CT molecular complexity index is 831.